The maximum absolute atomic E-state index is 10.4. The Morgan fingerprint density at radius 3 is 2.50 bits per heavy atom. The lowest BCUT2D eigenvalue weighted by atomic mass is 10.4. The molecule has 10 heavy (non-hydrogen) atoms. The van der Waals surface area contributed by atoms with Gasteiger partial charge in [0.05, 0.1) is 6.33 Å². The zero-order valence-electron chi connectivity index (χ0n) is 5.00. The third kappa shape index (κ3) is 1.38. The average Bonchev–Trinajstić information content (AvgIpc) is 2.13. The van der Waals surface area contributed by atoms with E-state index >= 15 is 0 Å². The molecule has 0 radical (unpaired) electrons. The highest BCUT2D eigenvalue weighted by molar-refractivity contribution is 5.94. The van der Waals surface area contributed by atoms with E-state index in [1.165, 1.54) is 6.33 Å². The maximum atomic E-state index is 10.4. The number of primary amides is 1. The number of hydrogen-bond acceptors (Lipinski definition) is 3. The maximum Gasteiger partial charge on any atom is 0.269 e. The summed E-state index contributed by atoms with van der Waals surface area (Å²) in [6.07, 6.45) is 1.31. The van der Waals surface area contributed by atoms with E-state index in [0.29, 0.717) is 0 Å². The van der Waals surface area contributed by atoms with Crippen molar-refractivity contribution in [3.05, 3.63) is 12.0 Å². The van der Waals surface area contributed by atoms with Gasteiger partial charge in [0.15, 0.2) is 5.82 Å². The monoisotopic (exact) mass is 164 g/mol. The second-order valence-electron chi connectivity index (χ2n) is 1.53. The van der Waals surface area contributed by atoms with Gasteiger partial charge < -0.3 is 16.5 Å². The Hall–Kier alpha value is -1.23. The van der Waals surface area contributed by atoms with Gasteiger partial charge in [-0.1, -0.05) is 0 Å². The number of imidazole rings is 1. The number of carbonyl (C=O) groups is 1. The van der Waals surface area contributed by atoms with Gasteiger partial charge in [0.25, 0.3) is 5.91 Å². The molecular weight excluding hydrogens is 158 g/mol. The van der Waals surface area contributed by atoms with E-state index in [4.69, 9.17) is 11.5 Å². The number of nitrogens with two attached hydrogens (primary N) is 2. The summed E-state index contributed by atoms with van der Waals surface area (Å²) in [4.78, 5) is 16.4. The zero-order valence-corrected chi connectivity index (χ0v) is 5.81. The molecule has 6 heteroatoms. The first kappa shape index (κ1) is 8.77. The van der Waals surface area contributed by atoms with E-state index in [1.54, 1.807) is 0 Å². The van der Waals surface area contributed by atoms with Crippen molar-refractivity contribution in [1.82, 2.24) is 9.97 Å². The second kappa shape index (κ2) is 3.07. The van der Waals surface area contributed by atoms with Crippen molar-refractivity contribution in [2.75, 3.05) is 5.73 Å². The second-order valence-corrected chi connectivity index (χ2v) is 1.53. The van der Waals surface area contributed by atoms with Crippen molar-refractivity contribution in [2.45, 2.75) is 0 Å². The Bertz CT molecular complexity index is 233. The summed E-state index contributed by atoms with van der Waals surface area (Å²) in [5.41, 5.74) is 10.2. The standard InChI is InChI=1S/C4H6N4O.ClH/c5-3-2(4(6)9)7-1-8-3;/h1H,5H2,(H2,6,9)(H,7,8);1H/i5+1,6+1;. The van der Waals surface area contributed by atoms with Crippen molar-refractivity contribution in [3.8, 4) is 0 Å². The van der Waals surface area contributed by atoms with Crippen LogP contribution in [0.2, 0.25) is 0 Å². The van der Waals surface area contributed by atoms with Crippen LogP contribution in [0, 0.1) is 0 Å². The first-order valence-electron chi connectivity index (χ1n) is 2.30. The van der Waals surface area contributed by atoms with Gasteiger partial charge in [-0.3, -0.25) is 4.79 Å². The van der Waals surface area contributed by atoms with Crippen LogP contribution in [0.3, 0.4) is 0 Å². The molecule has 0 unspecified atom stereocenters. The SMILES string of the molecule is Cl.[15NH2]C(=O)c1[nH]cnc1[15NH2]. The van der Waals surface area contributed by atoms with Gasteiger partial charge in [0, 0.05) is 0 Å². The minimum absolute atomic E-state index is 0. The molecule has 1 aromatic heterocycles. The summed E-state index contributed by atoms with van der Waals surface area (Å²) in [5, 5.41) is 0. The Balaban J connectivity index is 0.000000810. The number of aromatic nitrogens is 2. The van der Waals surface area contributed by atoms with Crippen LogP contribution in [0.25, 0.3) is 0 Å². The molecule has 1 aromatic rings. The number of hydrogen-bond donors (Lipinski definition) is 3. The lowest BCUT2D eigenvalue weighted by Crippen LogP contribution is -2.13. The van der Waals surface area contributed by atoms with E-state index in [2.05, 4.69) is 9.97 Å². The predicted octanol–water partition coefficient (Wildman–Crippen LogP) is -0.487. The summed E-state index contributed by atoms with van der Waals surface area (Å²) in [5.74, 6) is -0.451. The molecule has 0 spiro atoms. The van der Waals surface area contributed by atoms with E-state index in [9.17, 15) is 4.79 Å². The number of nitrogens with zero attached hydrogens (tertiary/aromatic N) is 1. The molecule has 0 aromatic carbocycles. The minimum Gasteiger partial charge on any atom is -0.382 e. The van der Waals surface area contributed by atoms with Crippen LogP contribution in [0.4, 0.5) is 5.82 Å². The number of H-pyrrole nitrogens is 1. The fraction of sp³-hybridized carbons (Fsp3) is 0. The average molecular weight is 165 g/mol. The lowest BCUT2D eigenvalue weighted by Gasteiger charge is -1.87. The summed E-state index contributed by atoms with van der Waals surface area (Å²) in [6.45, 7) is 0. The first-order valence-corrected chi connectivity index (χ1v) is 2.30. The summed E-state index contributed by atoms with van der Waals surface area (Å²) < 4.78 is 0. The highest BCUT2D eigenvalue weighted by atomic mass is 35.5. The van der Waals surface area contributed by atoms with Crippen molar-refractivity contribution >= 4 is 24.1 Å². The normalized spacial score (nSPS) is 8.40. The molecule has 1 amide bonds. The highest BCUT2D eigenvalue weighted by Gasteiger charge is 2.05. The fourth-order valence-electron chi connectivity index (χ4n) is 0.502. The highest BCUT2D eigenvalue weighted by Crippen LogP contribution is 2.00. The third-order valence-corrected chi connectivity index (χ3v) is 0.915. The van der Waals surface area contributed by atoms with E-state index < -0.39 is 5.91 Å². The van der Waals surface area contributed by atoms with Gasteiger partial charge >= 0.3 is 0 Å². The Morgan fingerprint density at radius 1 is 1.70 bits per heavy atom. The van der Waals surface area contributed by atoms with Crippen LogP contribution in [-0.2, 0) is 0 Å². The Labute approximate surface area is 63.2 Å². The Kier molecular flexibility index (Phi) is 2.69. The number of aromatic amines is 1. The van der Waals surface area contributed by atoms with Gasteiger partial charge in [-0.2, -0.15) is 0 Å². The van der Waals surface area contributed by atoms with Crippen molar-refractivity contribution in [2.24, 2.45) is 5.73 Å². The van der Waals surface area contributed by atoms with Gasteiger partial charge in [0.1, 0.15) is 5.69 Å². The van der Waals surface area contributed by atoms with E-state index in [0.717, 1.165) is 0 Å². The lowest BCUT2D eigenvalue weighted by molar-refractivity contribution is 0.0997. The van der Waals surface area contributed by atoms with Crippen molar-refractivity contribution < 1.29 is 4.79 Å². The quantitative estimate of drug-likeness (QED) is 0.489. The smallest absolute Gasteiger partial charge is 0.269 e. The number of rotatable bonds is 1. The van der Waals surface area contributed by atoms with Crippen molar-refractivity contribution in [3.63, 3.8) is 0 Å². The number of amides is 1. The first-order chi connectivity index (χ1) is 4.22. The molecule has 5 nitrogen and oxygen atoms in total. The zero-order chi connectivity index (χ0) is 6.85. The van der Waals surface area contributed by atoms with Crippen LogP contribution in [0.1, 0.15) is 10.5 Å². The summed E-state index contributed by atoms with van der Waals surface area (Å²) >= 11 is 0. The number of halogens is 1. The van der Waals surface area contributed by atoms with Crippen LogP contribution in [0.5, 0.6) is 0 Å². The van der Waals surface area contributed by atoms with E-state index in [-0.39, 0.29) is 23.9 Å². The van der Waals surface area contributed by atoms with Crippen molar-refractivity contribution in [1.29, 1.82) is 0 Å². The molecule has 0 aliphatic heterocycles. The number of anilines is 1. The Morgan fingerprint density at radius 2 is 2.30 bits per heavy atom. The molecule has 5 N–H and O–H groups in total. The summed E-state index contributed by atoms with van der Waals surface area (Å²) in [6, 6.07) is 0. The summed E-state index contributed by atoms with van der Waals surface area (Å²) in [7, 11) is 0. The molecule has 0 aliphatic carbocycles. The molecule has 0 bridgehead atoms. The van der Waals surface area contributed by atoms with Gasteiger partial charge in [-0.25, -0.2) is 4.98 Å². The molecule has 1 rings (SSSR count). The number of nitrogens with one attached hydrogen (secondary N) is 1. The van der Waals surface area contributed by atoms with Crippen LogP contribution in [-0.4, -0.2) is 15.9 Å². The predicted molar refractivity (Wildman–Crippen MR) is 38.8 cm³/mol. The number of carbonyl (C=O) groups excluding carboxylic acids is 1. The molecule has 56 valence electrons. The molecule has 0 aliphatic rings. The van der Waals surface area contributed by atoms with E-state index in [1.807, 2.05) is 0 Å². The molecule has 0 saturated carbocycles. The van der Waals surface area contributed by atoms with Crippen LogP contribution < -0.4 is 11.5 Å². The number of nitrogen functional groups attached to an aromatic ring is 1. The molecule has 0 atom stereocenters. The molecular formula is C4H7ClN4O. The van der Waals surface area contributed by atoms with Crippen LogP contribution in [0.15, 0.2) is 6.33 Å². The van der Waals surface area contributed by atoms with Crippen LogP contribution >= 0.6 is 12.4 Å². The van der Waals surface area contributed by atoms with Gasteiger partial charge in [-0.05, 0) is 0 Å². The fourth-order valence-corrected chi connectivity index (χ4v) is 0.502. The van der Waals surface area contributed by atoms with Gasteiger partial charge in [0.2, 0.25) is 0 Å². The topological polar surface area (TPSA) is 97.8 Å². The largest absolute Gasteiger partial charge is 0.382 e. The molecule has 1 heterocycles. The van der Waals surface area contributed by atoms with Gasteiger partial charge in [-0.15, -0.1) is 12.4 Å². The minimum atomic E-state index is -0.593. The molecule has 0 fully saturated rings. The third-order valence-electron chi connectivity index (χ3n) is 0.915. The molecule has 0 saturated heterocycles.